The summed E-state index contributed by atoms with van der Waals surface area (Å²) in [6.45, 7) is 4.86. The van der Waals surface area contributed by atoms with Gasteiger partial charge in [-0.1, -0.05) is 123 Å². The molecular formula is C43H34N2. The highest BCUT2D eigenvalue weighted by Crippen LogP contribution is 2.57. The Morgan fingerprint density at radius 3 is 2.18 bits per heavy atom. The molecule has 45 heavy (non-hydrogen) atoms. The van der Waals surface area contributed by atoms with Gasteiger partial charge >= 0.3 is 0 Å². The SMILES string of the molecule is CC1(C)c2c(cccc2N(c2ccc3ccccc3c2)c2ccc3c4ccccc4n(-c4ccccc4)c3c2)C2C=CC=CC21. The van der Waals surface area contributed by atoms with Crippen LogP contribution in [0.4, 0.5) is 17.1 Å². The molecule has 2 atom stereocenters. The van der Waals surface area contributed by atoms with Crippen LogP contribution in [0.3, 0.4) is 0 Å². The minimum Gasteiger partial charge on any atom is -0.310 e. The average Bonchev–Trinajstić information content (AvgIpc) is 3.54. The molecule has 0 saturated heterocycles. The highest BCUT2D eigenvalue weighted by atomic mass is 15.1. The third-order valence-electron chi connectivity index (χ3n) is 10.2. The first-order chi connectivity index (χ1) is 22.1. The average molecular weight is 579 g/mol. The van der Waals surface area contributed by atoms with Gasteiger partial charge in [-0.05, 0) is 81.8 Å². The van der Waals surface area contributed by atoms with E-state index < -0.39 is 0 Å². The molecule has 0 bridgehead atoms. The topological polar surface area (TPSA) is 8.17 Å². The summed E-state index contributed by atoms with van der Waals surface area (Å²) < 4.78 is 2.41. The van der Waals surface area contributed by atoms with Crippen molar-refractivity contribution in [1.82, 2.24) is 4.57 Å². The minimum atomic E-state index is -0.0318. The second-order valence-corrected chi connectivity index (χ2v) is 13.0. The van der Waals surface area contributed by atoms with Crippen LogP contribution in [0.15, 0.2) is 158 Å². The van der Waals surface area contributed by atoms with Crippen molar-refractivity contribution in [2.75, 3.05) is 4.90 Å². The standard InChI is InChI=1S/C43H34N2/c1-43(2)38-20-10-8-17-34(38)37-19-12-22-40(42(37)43)44(32-24-23-29-13-6-7-14-30(29)27-32)33-25-26-36-35-18-9-11-21-39(35)45(41(36)28-33)31-15-4-3-5-16-31/h3-28,34,38H,1-2H3. The fourth-order valence-corrected chi connectivity index (χ4v) is 8.18. The maximum absolute atomic E-state index is 2.50. The van der Waals surface area contributed by atoms with Crippen molar-refractivity contribution < 1.29 is 0 Å². The van der Waals surface area contributed by atoms with Gasteiger partial charge in [0.05, 0.1) is 16.7 Å². The van der Waals surface area contributed by atoms with Crippen molar-refractivity contribution in [3.63, 3.8) is 0 Å². The summed E-state index contributed by atoms with van der Waals surface area (Å²) in [6.07, 6.45) is 9.26. The Bertz CT molecular complexity index is 2320. The predicted octanol–water partition coefficient (Wildman–Crippen LogP) is 11.5. The van der Waals surface area contributed by atoms with Crippen LogP contribution in [0.2, 0.25) is 0 Å². The summed E-state index contributed by atoms with van der Waals surface area (Å²) in [5.74, 6) is 0.821. The van der Waals surface area contributed by atoms with E-state index in [9.17, 15) is 0 Å². The number of para-hydroxylation sites is 2. The van der Waals surface area contributed by atoms with Crippen molar-refractivity contribution in [3.8, 4) is 5.69 Å². The second kappa shape index (κ2) is 9.84. The fraction of sp³-hybridized carbons (Fsp3) is 0.116. The Hall–Kier alpha value is -5.34. The first kappa shape index (κ1) is 26.1. The molecule has 2 unspecified atom stereocenters. The number of anilines is 3. The van der Waals surface area contributed by atoms with E-state index in [4.69, 9.17) is 0 Å². The predicted molar refractivity (Wildman–Crippen MR) is 191 cm³/mol. The molecule has 2 nitrogen and oxygen atoms in total. The van der Waals surface area contributed by atoms with Crippen molar-refractivity contribution >= 4 is 49.6 Å². The lowest BCUT2D eigenvalue weighted by Crippen LogP contribution is -2.26. The third kappa shape index (κ3) is 3.88. The molecule has 6 aromatic carbocycles. The molecule has 0 spiro atoms. The van der Waals surface area contributed by atoms with E-state index >= 15 is 0 Å². The number of aromatic nitrogens is 1. The zero-order valence-corrected chi connectivity index (χ0v) is 25.6. The molecule has 7 aromatic rings. The largest absolute Gasteiger partial charge is 0.310 e. The Morgan fingerprint density at radius 2 is 1.29 bits per heavy atom. The third-order valence-corrected chi connectivity index (χ3v) is 10.2. The van der Waals surface area contributed by atoms with E-state index in [1.165, 1.54) is 60.8 Å². The molecule has 2 aliphatic carbocycles. The minimum absolute atomic E-state index is 0.0318. The van der Waals surface area contributed by atoms with Crippen LogP contribution in [0.25, 0.3) is 38.3 Å². The molecular weight excluding hydrogens is 544 g/mol. The number of nitrogens with zero attached hydrogens (tertiary/aromatic N) is 2. The lowest BCUT2D eigenvalue weighted by atomic mass is 9.74. The van der Waals surface area contributed by atoms with E-state index in [0.717, 1.165) is 5.69 Å². The summed E-state index contributed by atoms with van der Waals surface area (Å²) in [5.41, 5.74) is 10.0. The van der Waals surface area contributed by atoms with E-state index in [2.05, 4.69) is 181 Å². The van der Waals surface area contributed by atoms with Gasteiger partial charge in [-0.2, -0.15) is 0 Å². The molecule has 9 rings (SSSR count). The summed E-state index contributed by atoms with van der Waals surface area (Å²) in [6, 6.07) is 49.0. The Morgan fingerprint density at radius 1 is 0.578 bits per heavy atom. The van der Waals surface area contributed by atoms with Crippen LogP contribution in [0, 0.1) is 5.92 Å². The van der Waals surface area contributed by atoms with Crippen LogP contribution in [0.5, 0.6) is 0 Å². The van der Waals surface area contributed by atoms with Gasteiger partial charge in [0.2, 0.25) is 0 Å². The molecule has 0 aliphatic heterocycles. The number of allylic oxidation sites excluding steroid dienone is 4. The number of rotatable bonds is 4. The van der Waals surface area contributed by atoms with Crippen molar-refractivity contribution in [2.45, 2.75) is 25.2 Å². The zero-order chi connectivity index (χ0) is 30.1. The van der Waals surface area contributed by atoms with Gasteiger partial charge in [-0.15, -0.1) is 0 Å². The number of benzene rings is 6. The molecule has 2 heteroatoms. The van der Waals surface area contributed by atoms with E-state index in [1.54, 1.807) is 0 Å². The molecule has 0 fully saturated rings. The highest BCUT2D eigenvalue weighted by Gasteiger charge is 2.46. The summed E-state index contributed by atoms with van der Waals surface area (Å²) >= 11 is 0. The molecule has 0 N–H and O–H groups in total. The van der Waals surface area contributed by atoms with Crippen LogP contribution in [0.1, 0.15) is 30.9 Å². The van der Waals surface area contributed by atoms with Crippen LogP contribution >= 0.6 is 0 Å². The quantitative estimate of drug-likeness (QED) is 0.202. The maximum Gasteiger partial charge on any atom is 0.0561 e. The Balaban J connectivity index is 1.34. The Labute approximate surface area is 264 Å². The maximum atomic E-state index is 2.50. The second-order valence-electron chi connectivity index (χ2n) is 13.0. The summed E-state index contributed by atoms with van der Waals surface area (Å²) in [4.78, 5) is 2.50. The molecule has 0 saturated carbocycles. The van der Waals surface area contributed by atoms with Gasteiger partial charge in [-0.25, -0.2) is 0 Å². The number of hydrogen-bond donors (Lipinski definition) is 0. The van der Waals surface area contributed by atoms with Gasteiger partial charge in [0.15, 0.2) is 0 Å². The van der Waals surface area contributed by atoms with E-state index in [0.29, 0.717) is 11.8 Å². The smallest absolute Gasteiger partial charge is 0.0561 e. The van der Waals surface area contributed by atoms with Gasteiger partial charge in [-0.3, -0.25) is 0 Å². The zero-order valence-electron chi connectivity index (χ0n) is 25.6. The van der Waals surface area contributed by atoms with Gasteiger partial charge in [0.1, 0.15) is 0 Å². The van der Waals surface area contributed by atoms with Crippen molar-refractivity contribution in [1.29, 1.82) is 0 Å². The highest BCUT2D eigenvalue weighted by molar-refractivity contribution is 6.10. The monoisotopic (exact) mass is 578 g/mol. The lowest BCUT2D eigenvalue weighted by Gasteiger charge is -2.34. The van der Waals surface area contributed by atoms with Crippen molar-refractivity contribution in [2.24, 2.45) is 5.92 Å². The first-order valence-electron chi connectivity index (χ1n) is 16.0. The molecule has 1 heterocycles. The molecule has 1 aromatic heterocycles. The normalized spacial score (nSPS) is 18.0. The molecule has 216 valence electrons. The molecule has 0 amide bonds. The fourth-order valence-electron chi connectivity index (χ4n) is 8.18. The van der Waals surface area contributed by atoms with E-state index in [-0.39, 0.29) is 5.41 Å². The molecule has 0 radical (unpaired) electrons. The van der Waals surface area contributed by atoms with Gasteiger partial charge in [0.25, 0.3) is 0 Å². The summed E-state index contributed by atoms with van der Waals surface area (Å²) in [7, 11) is 0. The first-order valence-corrected chi connectivity index (χ1v) is 16.0. The number of fused-ring (bicyclic) bond motifs is 7. The van der Waals surface area contributed by atoms with Crippen molar-refractivity contribution in [3.05, 3.63) is 169 Å². The number of hydrogen-bond acceptors (Lipinski definition) is 1. The van der Waals surface area contributed by atoms with Gasteiger partial charge < -0.3 is 9.47 Å². The van der Waals surface area contributed by atoms with Crippen LogP contribution < -0.4 is 4.90 Å². The van der Waals surface area contributed by atoms with E-state index in [1.807, 2.05) is 0 Å². The van der Waals surface area contributed by atoms with Crippen LogP contribution in [-0.4, -0.2) is 4.57 Å². The summed E-state index contributed by atoms with van der Waals surface area (Å²) in [5, 5.41) is 5.02. The Kier molecular flexibility index (Phi) is 5.70. The van der Waals surface area contributed by atoms with Gasteiger partial charge in [0, 0.05) is 33.8 Å². The lowest BCUT2D eigenvalue weighted by molar-refractivity contribution is 0.395. The molecule has 2 aliphatic rings. The van der Waals surface area contributed by atoms with Crippen LogP contribution in [-0.2, 0) is 5.41 Å².